The number of hydrogen-bond donors (Lipinski definition) is 1. The Hall–Kier alpha value is -1.55. The van der Waals surface area contributed by atoms with E-state index >= 15 is 0 Å². The van der Waals surface area contributed by atoms with Gasteiger partial charge in [0, 0.05) is 24.7 Å². The molecule has 22 heavy (non-hydrogen) atoms. The minimum absolute atomic E-state index is 0.0810. The van der Waals surface area contributed by atoms with Crippen LogP contribution < -0.4 is 10.5 Å². The van der Waals surface area contributed by atoms with Gasteiger partial charge in [-0.1, -0.05) is 13.8 Å². The molecule has 0 aromatic heterocycles. The first-order chi connectivity index (χ1) is 10.5. The quantitative estimate of drug-likeness (QED) is 0.909. The van der Waals surface area contributed by atoms with Gasteiger partial charge in [-0.3, -0.25) is 4.79 Å². The second-order valence-corrected chi connectivity index (χ2v) is 6.38. The molecule has 4 heteroatoms. The molecule has 1 fully saturated rings. The van der Waals surface area contributed by atoms with Crippen LogP contribution in [0.3, 0.4) is 0 Å². The van der Waals surface area contributed by atoms with Crippen LogP contribution in [0.1, 0.15) is 50.4 Å². The molecule has 1 amide bonds. The molecule has 1 saturated heterocycles. The zero-order valence-corrected chi connectivity index (χ0v) is 13.9. The number of piperidine rings is 1. The Kier molecular flexibility index (Phi) is 5.83. The molecule has 1 heterocycles. The third kappa shape index (κ3) is 4.01. The normalized spacial score (nSPS) is 23.2. The second kappa shape index (κ2) is 7.63. The predicted molar refractivity (Wildman–Crippen MR) is 89.1 cm³/mol. The molecule has 2 N–H and O–H groups in total. The topological polar surface area (TPSA) is 55.6 Å². The molecule has 1 aliphatic heterocycles. The maximum Gasteiger partial charge on any atom is 0.254 e. The van der Waals surface area contributed by atoms with E-state index in [1.54, 1.807) is 0 Å². The van der Waals surface area contributed by atoms with Gasteiger partial charge in [0.1, 0.15) is 5.75 Å². The van der Waals surface area contributed by atoms with Crippen LogP contribution in [0.5, 0.6) is 5.75 Å². The summed E-state index contributed by atoms with van der Waals surface area (Å²) in [5.74, 6) is 1.54. The van der Waals surface area contributed by atoms with Crippen molar-refractivity contribution in [3.05, 3.63) is 29.8 Å². The number of hydrogen-bond acceptors (Lipinski definition) is 3. The SMILES string of the molecule is CCC(C)Oc1ccc(C(=O)N2CCC(C)CC2CN)cc1. The predicted octanol–water partition coefficient (Wildman–Crippen LogP) is 3.06. The lowest BCUT2D eigenvalue weighted by atomic mass is 9.92. The number of ether oxygens (including phenoxy) is 1. The van der Waals surface area contributed by atoms with Crippen molar-refractivity contribution in [2.45, 2.75) is 52.2 Å². The van der Waals surface area contributed by atoms with Crippen LogP contribution in [0, 0.1) is 5.92 Å². The van der Waals surface area contributed by atoms with E-state index in [1.807, 2.05) is 36.1 Å². The van der Waals surface area contributed by atoms with Crippen molar-refractivity contribution >= 4 is 5.91 Å². The highest BCUT2D eigenvalue weighted by atomic mass is 16.5. The molecule has 0 saturated carbocycles. The Bertz CT molecular complexity index is 486. The molecule has 3 atom stereocenters. The highest BCUT2D eigenvalue weighted by Gasteiger charge is 2.29. The summed E-state index contributed by atoms with van der Waals surface area (Å²) in [6.45, 7) is 7.69. The van der Waals surface area contributed by atoms with E-state index in [9.17, 15) is 4.79 Å². The highest BCUT2D eigenvalue weighted by Crippen LogP contribution is 2.24. The molecule has 1 aliphatic rings. The van der Waals surface area contributed by atoms with Crippen molar-refractivity contribution in [2.24, 2.45) is 11.7 Å². The third-order valence-electron chi connectivity index (χ3n) is 4.52. The molecular formula is C18H28N2O2. The number of rotatable bonds is 5. The maximum atomic E-state index is 12.7. The standard InChI is InChI=1S/C18H28N2O2/c1-4-14(3)22-17-7-5-15(6-8-17)18(21)20-10-9-13(2)11-16(20)12-19/h5-8,13-14,16H,4,9-12,19H2,1-3H3. The Labute approximate surface area is 133 Å². The molecule has 2 rings (SSSR count). The van der Waals surface area contributed by atoms with Gasteiger partial charge >= 0.3 is 0 Å². The Morgan fingerprint density at radius 3 is 2.68 bits per heavy atom. The van der Waals surface area contributed by atoms with E-state index < -0.39 is 0 Å². The first-order valence-corrected chi connectivity index (χ1v) is 8.32. The first-order valence-electron chi connectivity index (χ1n) is 8.32. The number of benzene rings is 1. The maximum absolute atomic E-state index is 12.7. The van der Waals surface area contributed by atoms with Crippen molar-refractivity contribution in [3.63, 3.8) is 0 Å². The number of likely N-dealkylation sites (tertiary alicyclic amines) is 1. The Morgan fingerprint density at radius 2 is 2.09 bits per heavy atom. The van der Waals surface area contributed by atoms with Gasteiger partial charge in [-0.2, -0.15) is 0 Å². The van der Waals surface area contributed by atoms with E-state index in [-0.39, 0.29) is 18.1 Å². The van der Waals surface area contributed by atoms with Gasteiger partial charge in [0.2, 0.25) is 0 Å². The monoisotopic (exact) mass is 304 g/mol. The molecule has 3 unspecified atom stereocenters. The van der Waals surface area contributed by atoms with Gasteiger partial charge in [0.05, 0.1) is 6.10 Å². The lowest BCUT2D eigenvalue weighted by molar-refractivity contribution is 0.0573. The van der Waals surface area contributed by atoms with Crippen molar-refractivity contribution < 1.29 is 9.53 Å². The Balaban J connectivity index is 2.05. The summed E-state index contributed by atoms with van der Waals surface area (Å²) in [5, 5.41) is 0. The van der Waals surface area contributed by atoms with Crippen molar-refractivity contribution in [3.8, 4) is 5.75 Å². The van der Waals surface area contributed by atoms with Crippen molar-refractivity contribution in [1.29, 1.82) is 0 Å². The van der Waals surface area contributed by atoms with Crippen LogP contribution in [0.25, 0.3) is 0 Å². The van der Waals surface area contributed by atoms with Gasteiger partial charge in [-0.05, 0) is 56.4 Å². The molecule has 4 nitrogen and oxygen atoms in total. The van der Waals surface area contributed by atoms with Gasteiger partial charge in [-0.15, -0.1) is 0 Å². The lowest BCUT2D eigenvalue weighted by Gasteiger charge is -2.38. The fraction of sp³-hybridized carbons (Fsp3) is 0.611. The average Bonchev–Trinajstić information content (AvgIpc) is 2.54. The van der Waals surface area contributed by atoms with Crippen LogP contribution >= 0.6 is 0 Å². The van der Waals surface area contributed by atoms with Crippen molar-refractivity contribution in [1.82, 2.24) is 4.90 Å². The van der Waals surface area contributed by atoms with Crippen molar-refractivity contribution in [2.75, 3.05) is 13.1 Å². The molecular weight excluding hydrogens is 276 g/mol. The summed E-state index contributed by atoms with van der Waals surface area (Å²) in [7, 11) is 0. The Morgan fingerprint density at radius 1 is 1.41 bits per heavy atom. The highest BCUT2D eigenvalue weighted by molar-refractivity contribution is 5.94. The van der Waals surface area contributed by atoms with E-state index in [0.29, 0.717) is 18.0 Å². The number of carbonyl (C=O) groups excluding carboxylic acids is 1. The number of carbonyl (C=O) groups is 1. The summed E-state index contributed by atoms with van der Waals surface area (Å²) < 4.78 is 5.76. The summed E-state index contributed by atoms with van der Waals surface area (Å²) in [5.41, 5.74) is 6.56. The fourth-order valence-electron chi connectivity index (χ4n) is 2.90. The van der Waals surface area contributed by atoms with Crippen LogP contribution in [0.15, 0.2) is 24.3 Å². The summed E-state index contributed by atoms with van der Waals surface area (Å²) in [6, 6.07) is 7.62. The number of amides is 1. The summed E-state index contributed by atoms with van der Waals surface area (Å²) >= 11 is 0. The van der Waals surface area contributed by atoms with Crippen LogP contribution in [0.2, 0.25) is 0 Å². The van der Waals surface area contributed by atoms with Crippen LogP contribution in [0.4, 0.5) is 0 Å². The van der Waals surface area contributed by atoms with E-state index in [0.717, 1.165) is 31.6 Å². The minimum Gasteiger partial charge on any atom is -0.491 e. The molecule has 0 aliphatic carbocycles. The van der Waals surface area contributed by atoms with Gasteiger partial charge < -0.3 is 15.4 Å². The van der Waals surface area contributed by atoms with Gasteiger partial charge in [0.15, 0.2) is 0 Å². The van der Waals surface area contributed by atoms with Gasteiger partial charge in [-0.25, -0.2) is 0 Å². The summed E-state index contributed by atoms with van der Waals surface area (Å²) in [6.07, 6.45) is 3.20. The average molecular weight is 304 g/mol. The van der Waals surface area contributed by atoms with Gasteiger partial charge in [0.25, 0.3) is 5.91 Å². The number of nitrogens with two attached hydrogens (primary N) is 1. The molecule has 0 radical (unpaired) electrons. The zero-order valence-electron chi connectivity index (χ0n) is 13.9. The minimum atomic E-state index is 0.0810. The molecule has 1 aromatic rings. The zero-order chi connectivity index (χ0) is 16.1. The molecule has 0 spiro atoms. The second-order valence-electron chi connectivity index (χ2n) is 6.38. The van der Waals surface area contributed by atoms with E-state index in [1.165, 1.54) is 0 Å². The lowest BCUT2D eigenvalue weighted by Crippen LogP contribution is -2.49. The first kappa shape index (κ1) is 16.8. The van der Waals surface area contributed by atoms with E-state index in [4.69, 9.17) is 10.5 Å². The molecule has 122 valence electrons. The molecule has 0 bridgehead atoms. The third-order valence-corrected chi connectivity index (χ3v) is 4.52. The van der Waals surface area contributed by atoms with Crippen LogP contribution in [-0.2, 0) is 0 Å². The number of nitrogens with zero attached hydrogens (tertiary/aromatic N) is 1. The largest absolute Gasteiger partial charge is 0.491 e. The smallest absolute Gasteiger partial charge is 0.254 e. The summed E-state index contributed by atoms with van der Waals surface area (Å²) in [4.78, 5) is 14.6. The van der Waals surface area contributed by atoms with Crippen LogP contribution in [-0.4, -0.2) is 36.0 Å². The fourth-order valence-corrected chi connectivity index (χ4v) is 2.90. The van der Waals surface area contributed by atoms with E-state index in [2.05, 4.69) is 13.8 Å². The molecule has 1 aromatic carbocycles.